The van der Waals surface area contributed by atoms with Gasteiger partial charge >= 0.3 is 0 Å². The van der Waals surface area contributed by atoms with Gasteiger partial charge in [0, 0.05) is 44.8 Å². The van der Waals surface area contributed by atoms with Gasteiger partial charge in [-0.05, 0) is 30.7 Å². The molecule has 24 heavy (non-hydrogen) atoms. The van der Waals surface area contributed by atoms with E-state index in [1.54, 1.807) is 0 Å². The Bertz CT molecular complexity index is 664. The molecule has 130 valence electrons. The molecule has 0 spiro atoms. The summed E-state index contributed by atoms with van der Waals surface area (Å²) in [5.41, 5.74) is 1.29. The first-order valence-electron chi connectivity index (χ1n) is 8.90. The van der Waals surface area contributed by atoms with Crippen LogP contribution in [0.4, 0.5) is 0 Å². The van der Waals surface area contributed by atoms with Crippen molar-refractivity contribution < 1.29 is 9.84 Å². The monoisotopic (exact) mass is 328 g/mol. The highest BCUT2D eigenvalue weighted by molar-refractivity contribution is 5.87. The van der Waals surface area contributed by atoms with Crippen LogP contribution in [0, 0.1) is 0 Å². The van der Waals surface area contributed by atoms with E-state index in [0.29, 0.717) is 0 Å². The number of nitrogens with zero attached hydrogens (tertiary/aromatic N) is 2. The first-order chi connectivity index (χ1) is 11.7. The third-order valence-corrected chi connectivity index (χ3v) is 4.62. The van der Waals surface area contributed by atoms with E-state index in [9.17, 15) is 0 Å². The van der Waals surface area contributed by atoms with Gasteiger partial charge in [-0.1, -0.05) is 30.3 Å². The molecule has 0 aliphatic carbocycles. The Morgan fingerprint density at radius 2 is 1.71 bits per heavy atom. The van der Waals surface area contributed by atoms with Gasteiger partial charge in [-0.15, -0.1) is 0 Å². The summed E-state index contributed by atoms with van der Waals surface area (Å²) in [5, 5.41) is 11.6. The minimum absolute atomic E-state index is 0.173. The molecule has 0 aromatic heterocycles. The van der Waals surface area contributed by atoms with Crippen LogP contribution in [-0.4, -0.2) is 60.3 Å². The molecule has 2 aromatic rings. The van der Waals surface area contributed by atoms with Crippen molar-refractivity contribution in [2.75, 3.05) is 39.3 Å². The molecule has 0 saturated carbocycles. The van der Waals surface area contributed by atoms with E-state index < -0.39 is 0 Å². The van der Waals surface area contributed by atoms with E-state index in [0.717, 1.165) is 45.0 Å². The van der Waals surface area contributed by atoms with Crippen molar-refractivity contribution in [1.29, 1.82) is 0 Å². The minimum Gasteiger partial charge on any atom is -0.491 e. The zero-order valence-corrected chi connectivity index (χ0v) is 14.7. The fourth-order valence-corrected chi connectivity index (χ4v) is 3.38. The molecule has 1 aliphatic heterocycles. The molecular formula is C20H28N2O2. The normalized spacial score (nSPS) is 16.8. The Morgan fingerprint density at radius 1 is 1.00 bits per heavy atom. The number of hydrogen-bond donors (Lipinski definition) is 1. The van der Waals surface area contributed by atoms with Crippen LogP contribution in [0.25, 0.3) is 10.8 Å². The number of β-amino-alcohol motifs (C(OH)–C–C–N with tert-alkyl or cyclic N) is 1. The molecule has 3 rings (SSSR count). The molecule has 4 nitrogen and oxygen atoms in total. The lowest BCUT2D eigenvalue weighted by molar-refractivity contribution is 0.107. The fourth-order valence-electron chi connectivity index (χ4n) is 3.38. The molecule has 1 fully saturated rings. The molecule has 1 heterocycles. The van der Waals surface area contributed by atoms with Gasteiger partial charge in [0.1, 0.15) is 5.75 Å². The summed E-state index contributed by atoms with van der Waals surface area (Å²) in [4.78, 5) is 4.81. The lowest BCUT2D eigenvalue weighted by Crippen LogP contribution is -2.46. The Balaban J connectivity index is 1.82. The van der Waals surface area contributed by atoms with Crippen LogP contribution in [0.5, 0.6) is 5.75 Å². The molecule has 0 radical (unpaired) electrons. The number of aliphatic hydroxyl groups excluding tert-OH is 1. The van der Waals surface area contributed by atoms with Crippen LogP contribution < -0.4 is 4.74 Å². The van der Waals surface area contributed by atoms with Crippen LogP contribution in [0.1, 0.15) is 19.4 Å². The topological polar surface area (TPSA) is 35.9 Å². The van der Waals surface area contributed by atoms with Crippen molar-refractivity contribution in [2.24, 2.45) is 0 Å². The third-order valence-electron chi connectivity index (χ3n) is 4.62. The standard InChI is InChI=1S/C20H28N2O2/c1-16(2)24-20-8-7-17-5-3-4-6-18(17)19(20)15-22-11-9-21(10-12-22)13-14-23/h3-8,16,23H,9-15H2,1-2H3. The Hall–Kier alpha value is -1.62. The Morgan fingerprint density at radius 3 is 2.42 bits per heavy atom. The SMILES string of the molecule is CC(C)Oc1ccc2ccccc2c1CN1CCN(CCO)CC1. The van der Waals surface area contributed by atoms with Crippen LogP contribution in [0.15, 0.2) is 36.4 Å². The second kappa shape index (κ2) is 7.97. The van der Waals surface area contributed by atoms with Crippen molar-refractivity contribution >= 4 is 10.8 Å². The zero-order chi connectivity index (χ0) is 16.9. The summed E-state index contributed by atoms with van der Waals surface area (Å²) >= 11 is 0. The van der Waals surface area contributed by atoms with Gasteiger partial charge in [0.05, 0.1) is 12.7 Å². The van der Waals surface area contributed by atoms with Crippen molar-refractivity contribution in [3.8, 4) is 5.75 Å². The first-order valence-corrected chi connectivity index (χ1v) is 8.90. The number of piperazine rings is 1. The van der Waals surface area contributed by atoms with E-state index in [2.05, 4.69) is 60.0 Å². The van der Waals surface area contributed by atoms with Crippen LogP contribution >= 0.6 is 0 Å². The highest BCUT2D eigenvalue weighted by Gasteiger charge is 2.19. The molecule has 0 amide bonds. The Kier molecular flexibility index (Phi) is 5.72. The molecule has 0 bridgehead atoms. The summed E-state index contributed by atoms with van der Waals surface area (Å²) < 4.78 is 6.08. The lowest BCUT2D eigenvalue weighted by Gasteiger charge is -2.34. The van der Waals surface area contributed by atoms with E-state index in [1.165, 1.54) is 16.3 Å². The number of ether oxygens (including phenoxy) is 1. The summed E-state index contributed by atoms with van der Waals surface area (Å²) in [6.45, 7) is 10.2. The van der Waals surface area contributed by atoms with Gasteiger partial charge in [-0.2, -0.15) is 0 Å². The average Bonchev–Trinajstić information content (AvgIpc) is 2.58. The summed E-state index contributed by atoms with van der Waals surface area (Å²) in [6.07, 6.45) is 0.173. The fraction of sp³-hybridized carbons (Fsp3) is 0.500. The quantitative estimate of drug-likeness (QED) is 0.884. The van der Waals surface area contributed by atoms with Crippen LogP contribution in [0.2, 0.25) is 0 Å². The van der Waals surface area contributed by atoms with Crippen LogP contribution in [-0.2, 0) is 6.54 Å². The molecule has 4 heteroatoms. The summed E-state index contributed by atoms with van der Waals surface area (Å²) in [5.74, 6) is 1.00. The second-order valence-corrected chi connectivity index (χ2v) is 6.77. The number of benzene rings is 2. The van der Waals surface area contributed by atoms with Crippen molar-refractivity contribution in [2.45, 2.75) is 26.5 Å². The van der Waals surface area contributed by atoms with Gasteiger partial charge < -0.3 is 9.84 Å². The molecule has 1 saturated heterocycles. The molecule has 0 atom stereocenters. The van der Waals surface area contributed by atoms with Gasteiger partial charge in [0.15, 0.2) is 0 Å². The molecule has 1 N–H and O–H groups in total. The highest BCUT2D eigenvalue weighted by Crippen LogP contribution is 2.30. The predicted molar refractivity (Wildman–Crippen MR) is 98.5 cm³/mol. The van der Waals surface area contributed by atoms with E-state index >= 15 is 0 Å². The van der Waals surface area contributed by atoms with Crippen molar-refractivity contribution in [3.63, 3.8) is 0 Å². The van der Waals surface area contributed by atoms with E-state index in [4.69, 9.17) is 9.84 Å². The smallest absolute Gasteiger partial charge is 0.124 e. The third kappa shape index (κ3) is 4.07. The van der Waals surface area contributed by atoms with Gasteiger partial charge in [0.25, 0.3) is 0 Å². The van der Waals surface area contributed by atoms with Gasteiger partial charge in [-0.25, -0.2) is 0 Å². The largest absolute Gasteiger partial charge is 0.491 e. The van der Waals surface area contributed by atoms with Crippen molar-refractivity contribution in [1.82, 2.24) is 9.80 Å². The van der Waals surface area contributed by atoms with E-state index in [-0.39, 0.29) is 12.7 Å². The maximum atomic E-state index is 9.09. The second-order valence-electron chi connectivity index (χ2n) is 6.77. The van der Waals surface area contributed by atoms with Crippen LogP contribution in [0.3, 0.4) is 0 Å². The number of rotatable bonds is 6. The minimum atomic E-state index is 0.173. The molecular weight excluding hydrogens is 300 g/mol. The number of fused-ring (bicyclic) bond motifs is 1. The summed E-state index contributed by atoms with van der Waals surface area (Å²) in [6, 6.07) is 12.8. The van der Waals surface area contributed by atoms with Gasteiger partial charge in [-0.3, -0.25) is 9.80 Å². The molecule has 0 unspecified atom stereocenters. The lowest BCUT2D eigenvalue weighted by atomic mass is 10.0. The number of aliphatic hydroxyl groups is 1. The van der Waals surface area contributed by atoms with E-state index in [1.807, 2.05) is 0 Å². The van der Waals surface area contributed by atoms with Crippen molar-refractivity contribution in [3.05, 3.63) is 42.0 Å². The predicted octanol–water partition coefficient (Wildman–Crippen LogP) is 2.74. The highest BCUT2D eigenvalue weighted by atomic mass is 16.5. The Labute approximate surface area is 144 Å². The molecule has 1 aliphatic rings. The van der Waals surface area contributed by atoms with Gasteiger partial charge in [0.2, 0.25) is 0 Å². The zero-order valence-electron chi connectivity index (χ0n) is 14.7. The maximum Gasteiger partial charge on any atom is 0.124 e. The first kappa shape index (κ1) is 17.2. The summed E-state index contributed by atoms with van der Waals surface area (Å²) in [7, 11) is 0. The molecule has 2 aromatic carbocycles. The average molecular weight is 328 g/mol. The maximum absolute atomic E-state index is 9.09. The number of hydrogen-bond acceptors (Lipinski definition) is 4.